The van der Waals surface area contributed by atoms with Gasteiger partial charge in [-0.2, -0.15) is 27.7 Å². The third-order valence-corrected chi connectivity index (χ3v) is 1.22. The van der Waals surface area contributed by atoms with Crippen LogP contribution in [0.4, 0.5) is 0 Å². The van der Waals surface area contributed by atoms with Crippen molar-refractivity contribution in [3.05, 3.63) is 12.8 Å². The van der Waals surface area contributed by atoms with Crippen LogP contribution in [-0.4, -0.2) is 17.3 Å². The maximum atomic E-state index is 10.6. The summed E-state index contributed by atoms with van der Waals surface area (Å²) in [4.78, 5) is 31.8. The summed E-state index contributed by atoms with van der Waals surface area (Å²) in [5.74, 6) is -2.15. The molecule has 0 saturated carbocycles. The van der Waals surface area contributed by atoms with Gasteiger partial charge < -0.3 is 12.8 Å². The average molecular weight is 276 g/mol. The van der Waals surface area contributed by atoms with Crippen LogP contribution >= 0.6 is 0 Å². The molecule has 0 heterocycles. The Morgan fingerprint density at radius 2 is 0.824 bits per heavy atom. The standard InChI is InChI=1S/C7H10O3.2C3H7.Ti/c1-4(8)7(5(2)9)6(3)10;2*1-3-2;/h7H,1-3H3;2*3H,1-2H3;/q;2*-1;+2. The molecule has 0 fully saturated rings. The molecule has 0 aromatic heterocycles. The first-order valence-electron chi connectivity index (χ1n) is 5.29. The minimum absolute atomic E-state index is 0. The molecule has 0 spiro atoms. The summed E-state index contributed by atoms with van der Waals surface area (Å²) in [5, 5.41) is 0. The summed E-state index contributed by atoms with van der Waals surface area (Å²) >= 11 is 0. The summed E-state index contributed by atoms with van der Waals surface area (Å²) in [6.45, 7) is 11.7. The van der Waals surface area contributed by atoms with Crippen molar-refractivity contribution in [3.63, 3.8) is 0 Å². The van der Waals surface area contributed by atoms with E-state index in [4.69, 9.17) is 0 Å². The first-order chi connectivity index (χ1) is 7.29. The summed E-state index contributed by atoms with van der Waals surface area (Å²) < 4.78 is 0. The van der Waals surface area contributed by atoms with Gasteiger partial charge >= 0.3 is 21.7 Å². The van der Waals surface area contributed by atoms with Crippen molar-refractivity contribution in [1.29, 1.82) is 0 Å². The zero-order valence-corrected chi connectivity index (χ0v) is 13.5. The van der Waals surface area contributed by atoms with Crippen LogP contribution in [0, 0.1) is 18.8 Å². The fourth-order valence-electron chi connectivity index (χ4n) is 0.859. The summed E-state index contributed by atoms with van der Waals surface area (Å²) in [5.41, 5.74) is 0. The first kappa shape index (κ1) is 25.5. The number of ketones is 3. The molecule has 4 heteroatoms. The van der Waals surface area contributed by atoms with Crippen LogP contribution in [-0.2, 0) is 36.1 Å². The molecule has 0 N–H and O–H groups in total. The van der Waals surface area contributed by atoms with Gasteiger partial charge in [0.2, 0.25) is 0 Å². The van der Waals surface area contributed by atoms with E-state index >= 15 is 0 Å². The van der Waals surface area contributed by atoms with E-state index in [0.717, 1.165) is 0 Å². The molecule has 0 aliphatic heterocycles. The average Bonchev–Trinajstić information content (AvgIpc) is 2.03. The minimum Gasteiger partial charge on any atom is -0.335 e. The molecule has 0 aromatic carbocycles. The maximum Gasteiger partial charge on any atom is 2.00 e. The van der Waals surface area contributed by atoms with Gasteiger partial charge in [0.1, 0.15) is 23.3 Å². The predicted octanol–water partition coefficient (Wildman–Crippen LogP) is 2.83. The van der Waals surface area contributed by atoms with Gasteiger partial charge in [-0.05, 0) is 20.8 Å². The smallest absolute Gasteiger partial charge is 0.335 e. The molecule has 0 aliphatic rings. The summed E-state index contributed by atoms with van der Waals surface area (Å²) in [6, 6.07) is 0. The van der Waals surface area contributed by atoms with E-state index in [-0.39, 0.29) is 39.1 Å². The second-order valence-corrected chi connectivity index (χ2v) is 3.42. The van der Waals surface area contributed by atoms with Gasteiger partial charge in [-0.15, -0.1) is 0 Å². The van der Waals surface area contributed by atoms with Crippen molar-refractivity contribution in [1.82, 2.24) is 0 Å². The number of hydrogen-bond donors (Lipinski definition) is 0. The Balaban J connectivity index is -0.000000102. The van der Waals surface area contributed by atoms with Crippen molar-refractivity contribution < 1.29 is 36.1 Å². The van der Waals surface area contributed by atoms with E-state index < -0.39 is 5.92 Å². The van der Waals surface area contributed by atoms with Crippen LogP contribution in [0.25, 0.3) is 0 Å². The van der Waals surface area contributed by atoms with E-state index in [9.17, 15) is 14.4 Å². The molecule has 0 radical (unpaired) electrons. The molecule has 0 aromatic rings. The van der Waals surface area contributed by atoms with Crippen molar-refractivity contribution in [3.8, 4) is 0 Å². The molecule has 17 heavy (non-hydrogen) atoms. The Hall–Kier alpha value is -0.276. The van der Waals surface area contributed by atoms with Gasteiger partial charge in [-0.3, -0.25) is 14.4 Å². The Bertz CT molecular complexity index is 177. The molecular formula is C13H24O3Ti. The number of rotatable bonds is 3. The Morgan fingerprint density at radius 1 is 0.706 bits per heavy atom. The van der Waals surface area contributed by atoms with E-state index in [1.54, 1.807) is 0 Å². The molecule has 0 bridgehead atoms. The van der Waals surface area contributed by atoms with Gasteiger partial charge in [0.15, 0.2) is 0 Å². The van der Waals surface area contributed by atoms with Gasteiger partial charge in [0.05, 0.1) is 0 Å². The van der Waals surface area contributed by atoms with Crippen molar-refractivity contribution in [2.24, 2.45) is 5.92 Å². The van der Waals surface area contributed by atoms with E-state index in [1.807, 2.05) is 40.5 Å². The van der Waals surface area contributed by atoms with Crippen LogP contribution in [0.15, 0.2) is 0 Å². The fourth-order valence-corrected chi connectivity index (χ4v) is 0.859. The second-order valence-electron chi connectivity index (χ2n) is 3.42. The normalized spacial score (nSPS) is 7.76. The zero-order valence-electron chi connectivity index (χ0n) is 12.0. The topological polar surface area (TPSA) is 51.2 Å². The Morgan fingerprint density at radius 3 is 0.824 bits per heavy atom. The van der Waals surface area contributed by atoms with E-state index in [1.165, 1.54) is 20.8 Å². The first-order valence-corrected chi connectivity index (χ1v) is 5.29. The molecule has 0 rings (SSSR count). The zero-order chi connectivity index (χ0) is 13.7. The van der Waals surface area contributed by atoms with Crippen molar-refractivity contribution >= 4 is 17.3 Å². The van der Waals surface area contributed by atoms with Gasteiger partial charge in [0.25, 0.3) is 0 Å². The number of carbonyl (C=O) groups is 3. The van der Waals surface area contributed by atoms with Crippen LogP contribution in [0.5, 0.6) is 0 Å². The van der Waals surface area contributed by atoms with E-state index in [0.29, 0.717) is 0 Å². The monoisotopic (exact) mass is 276 g/mol. The predicted molar refractivity (Wildman–Crippen MR) is 66.8 cm³/mol. The Kier molecular flexibility index (Phi) is 27.2. The SMILES string of the molecule is CC(=O)C(C(C)=O)C(C)=O.C[CH-]C.C[CH-]C.[Ti+2]. The molecule has 0 saturated heterocycles. The van der Waals surface area contributed by atoms with Crippen LogP contribution in [0.2, 0.25) is 0 Å². The maximum absolute atomic E-state index is 10.6. The summed E-state index contributed by atoms with van der Waals surface area (Å²) in [7, 11) is 0. The molecule has 0 unspecified atom stereocenters. The van der Waals surface area contributed by atoms with E-state index in [2.05, 4.69) is 0 Å². The van der Waals surface area contributed by atoms with Crippen LogP contribution in [0.3, 0.4) is 0 Å². The van der Waals surface area contributed by atoms with Gasteiger partial charge in [0, 0.05) is 0 Å². The van der Waals surface area contributed by atoms with Gasteiger partial charge in [-0.1, -0.05) is 0 Å². The Labute approximate surface area is 121 Å². The van der Waals surface area contributed by atoms with Crippen molar-refractivity contribution in [2.45, 2.75) is 48.5 Å². The fraction of sp³-hybridized carbons (Fsp3) is 0.615. The number of Topliss-reactive ketones (excluding diaryl/α,β-unsaturated/α-hetero) is 3. The minimum atomic E-state index is -1.03. The van der Waals surface area contributed by atoms with Gasteiger partial charge in [-0.25, -0.2) is 0 Å². The third kappa shape index (κ3) is 21.5. The molecule has 0 atom stereocenters. The molecular weight excluding hydrogens is 252 g/mol. The second kappa shape index (κ2) is 18.1. The third-order valence-electron chi connectivity index (χ3n) is 1.22. The number of carbonyl (C=O) groups excluding carboxylic acids is 3. The summed E-state index contributed by atoms with van der Waals surface area (Å²) in [6.07, 6.45) is 4.00. The van der Waals surface area contributed by atoms with Crippen LogP contribution in [0.1, 0.15) is 48.5 Å². The molecule has 3 nitrogen and oxygen atoms in total. The molecule has 0 amide bonds. The largest absolute Gasteiger partial charge is 2.00 e. The molecule has 0 aliphatic carbocycles. The molecule has 98 valence electrons. The van der Waals surface area contributed by atoms with Crippen molar-refractivity contribution in [2.75, 3.05) is 0 Å². The number of hydrogen-bond acceptors (Lipinski definition) is 3. The quantitative estimate of drug-likeness (QED) is 0.452. The van der Waals surface area contributed by atoms with Crippen LogP contribution < -0.4 is 0 Å².